The van der Waals surface area contributed by atoms with Crippen LogP contribution in [0.5, 0.6) is 0 Å². The Kier molecular flexibility index (Phi) is 3.81. The summed E-state index contributed by atoms with van der Waals surface area (Å²) in [4.78, 5) is 10.6. The van der Waals surface area contributed by atoms with E-state index in [9.17, 15) is 10.1 Å². The van der Waals surface area contributed by atoms with Crippen LogP contribution in [-0.4, -0.2) is 24.1 Å². The molecule has 1 unspecified atom stereocenters. The Morgan fingerprint density at radius 1 is 1.44 bits per heavy atom. The molecule has 0 radical (unpaired) electrons. The normalized spacial score (nSPS) is 18.9. The Bertz CT molecular complexity index is 454. The van der Waals surface area contributed by atoms with Crippen LogP contribution in [0.15, 0.2) is 12.1 Å². The van der Waals surface area contributed by atoms with Crippen molar-refractivity contribution in [1.29, 1.82) is 0 Å². The van der Waals surface area contributed by atoms with E-state index in [4.69, 9.17) is 0 Å². The molecule has 1 aromatic rings. The molecule has 0 spiro atoms. The zero-order valence-electron chi connectivity index (χ0n) is 10.8. The number of rotatable bonds is 4. The number of nitrogens with zero attached hydrogens (tertiary/aromatic N) is 1. The van der Waals surface area contributed by atoms with Crippen LogP contribution in [0.25, 0.3) is 0 Å². The summed E-state index contributed by atoms with van der Waals surface area (Å²) in [5.74, 6) is 0. The fraction of sp³-hybridized carbons (Fsp3) is 0.538. The second-order valence-electron chi connectivity index (χ2n) is 4.88. The van der Waals surface area contributed by atoms with Crippen molar-refractivity contribution in [1.82, 2.24) is 5.32 Å². The average Bonchev–Trinajstić information content (AvgIpc) is 2.80. The molecule has 1 atom stereocenters. The van der Waals surface area contributed by atoms with Crippen LogP contribution in [0.3, 0.4) is 0 Å². The van der Waals surface area contributed by atoms with Crippen molar-refractivity contribution in [3.63, 3.8) is 0 Å². The fourth-order valence-electron chi connectivity index (χ4n) is 2.39. The van der Waals surface area contributed by atoms with Crippen LogP contribution < -0.4 is 10.6 Å². The largest absolute Gasteiger partial charge is 0.383 e. The molecular weight excluding hydrogens is 230 g/mol. The van der Waals surface area contributed by atoms with Gasteiger partial charge >= 0.3 is 0 Å². The lowest BCUT2D eigenvalue weighted by Crippen LogP contribution is -2.29. The quantitative estimate of drug-likeness (QED) is 0.635. The second kappa shape index (κ2) is 5.35. The van der Waals surface area contributed by atoms with Gasteiger partial charge in [0.15, 0.2) is 0 Å². The number of nitro groups is 1. The van der Waals surface area contributed by atoms with Gasteiger partial charge in [-0.05, 0) is 44.9 Å². The third-order valence-electron chi connectivity index (χ3n) is 3.44. The van der Waals surface area contributed by atoms with Gasteiger partial charge < -0.3 is 10.6 Å². The van der Waals surface area contributed by atoms with Crippen LogP contribution in [0.2, 0.25) is 0 Å². The van der Waals surface area contributed by atoms with Crippen molar-refractivity contribution < 1.29 is 4.92 Å². The molecule has 5 heteroatoms. The van der Waals surface area contributed by atoms with E-state index in [1.54, 1.807) is 13.0 Å². The van der Waals surface area contributed by atoms with Crippen LogP contribution in [0, 0.1) is 24.0 Å². The topological polar surface area (TPSA) is 67.2 Å². The van der Waals surface area contributed by atoms with Crippen molar-refractivity contribution in [2.75, 3.05) is 18.4 Å². The minimum atomic E-state index is -0.326. The van der Waals surface area contributed by atoms with Gasteiger partial charge in [0.25, 0.3) is 5.69 Å². The predicted octanol–water partition coefficient (Wildman–Crippen LogP) is 2.38. The molecule has 1 aliphatic rings. The first kappa shape index (κ1) is 12.8. The first-order valence-corrected chi connectivity index (χ1v) is 6.31. The van der Waals surface area contributed by atoms with Gasteiger partial charge in [0.1, 0.15) is 0 Å². The van der Waals surface area contributed by atoms with E-state index in [-0.39, 0.29) is 10.6 Å². The number of nitro benzene ring substituents is 1. The minimum Gasteiger partial charge on any atom is -0.383 e. The van der Waals surface area contributed by atoms with E-state index in [2.05, 4.69) is 10.6 Å². The molecule has 0 amide bonds. The van der Waals surface area contributed by atoms with Crippen LogP contribution >= 0.6 is 0 Å². The summed E-state index contributed by atoms with van der Waals surface area (Å²) < 4.78 is 0. The number of nitrogens with one attached hydrogen (secondary N) is 2. The number of hydrogen-bond acceptors (Lipinski definition) is 4. The molecule has 2 N–H and O–H groups in total. The summed E-state index contributed by atoms with van der Waals surface area (Å²) in [6.45, 7) is 5.63. The Balaban J connectivity index is 2.11. The first-order valence-electron chi connectivity index (χ1n) is 6.31. The summed E-state index contributed by atoms with van der Waals surface area (Å²) in [5.41, 5.74) is 2.81. The molecule has 1 heterocycles. The standard InChI is InChI=1S/C13H19N3O2/c1-9-6-10(2)13(16(17)18)7-12(9)15-8-11-4-3-5-14-11/h6-7,11,14-15H,3-5,8H2,1-2H3. The van der Waals surface area contributed by atoms with Crippen molar-refractivity contribution in [2.45, 2.75) is 32.7 Å². The molecule has 5 nitrogen and oxygen atoms in total. The summed E-state index contributed by atoms with van der Waals surface area (Å²) in [6.07, 6.45) is 2.37. The minimum absolute atomic E-state index is 0.183. The average molecular weight is 249 g/mol. The highest BCUT2D eigenvalue weighted by molar-refractivity contribution is 5.60. The second-order valence-corrected chi connectivity index (χ2v) is 4.88. The van der Waals surface area contributed by atoms with E-state index in [0.717, 1.165) is 24.3 Å². The lowest BCUT2D eigenvalue weighted by atomic mass is 10.1. The highest BCUT2D eigenvalue weighted by Gasteiger charge is 2.16. The molecule has 1 aromatic carbocycles. The SMILES string of the molecule is Cc1cc(C)c([N+](=O)[O-])cc1NCC1CCCN1. The molecule has 1 aliphatic heterocycles. The van der Waals surface area contributed by atoms with Gasteiger partial charge in [-0.25, -0.2) is 0 Å². The third kappa shape index (κ3) is 2.79. The number of anilines is 1. The van der Waals surface area contributed by atoms with Crippen molar-refractivity contribution in [2.24, 2.45) is 0 Å². The van der Waals surface area contributed by atoms with Gasteiger partial charge in [-0.3, -0.25) is 10.1 Å². The molecule has 1 saturated heterocycles. The Morgan fingerprint density at radius 3 is 2.83 bits per heavy atom. The highest BCUT2D eigenvalue weighted by atomic mass is 16.6. The Hall–Kier alpha value is -1.62. The zero-order chi connectivity index (χ0) is 13.1. The van der Waals surface area contributed by atoms with Gasteiger partial charge in [0, 0.05) is 29.9 Å². The van der Waals surface area contributed by atoms with Gasteiger partial charge in [-0.1, -0.05) is 0 Å². The number of hydrogen-bond donors (Lipinski definition) is 2. The fourth-order valence-corrected chi connectivity index (χ4v) is 2.39. The van der Waals surface area contributed by atoms with Crippen molar-refractivity contribution >= 4 is 11.4 Å². The van der Waals surface area contributed by atoms with Gasteiger partial charge in [0.2, 0.25) is 0 Å². The lowest BCUT2D eigenvalue weighted by Gasteiger charge is -2.14. The molecule has 2 rings (SSSR count). The molecule has 0 aromatic heterocycles. The number of aryl methyl sites for hydroxylation is 2. The van der Waals surface area contributed by atoms with Gasteiger partial charge in [-0.2, -0.15) is 0 Å². The van der Waals surface area contributed by atoms with Crippen LogP contribution in [0.1, 0.15) is 24.0 Å². The third-order valence-corrected chi connectivity index (χ3v) is 3.44. The van der Waals surface area contributed by atoms with E-state index in [1.165, 1.54) is 12.8 Å². The molecule has 1 fully saturated rings. The maximum atomic E-state index is 10.9. The highest BCUT2D eigenvalue weighted by Crippen LogP contribution is 2.26. The first-order chi connectivity index (χ1) is 8.58. The lowest BCUT2D eigenvalue weighted by molar-refractivity contribution is -0.385. The molecular formula is C13H19N3O2. The number of benzene rings is 1. The maximum absolute atomic E-state index is 10.9. The van der Waals surface area contributed by atoms with Gasteiger partial charge in [-0.15, -0.1) is 0 Å². The summed E-state index contributed by atoms with van der Waals surface area (Å²) in [7, 11) is 0. The Labute approximate surface area is 107 Å². The van der Waals surface area contributed by atoms with Crippen molar-refractivity contribution in [3.05, 3.63) is 33.4 Å². The summed E-state index contributed by atoms with van der Waals surface area (Å²) in [6, 6.07) is 3.98. The van der Waals surface area contributed by atoms with E-state index in [1.807, 2.05) is 13.0 Å². The van der Waals surface area contributed by atoms with Gasteiger partial charge in [0.05, 0.1) is 4.92 Å². The summed E-state index contributed by atoms with van der Waals surface area (Å²) in [5, 5.41) is 17.6. The monoisotopic (exact) mass is 249 g/mol. The molecule has 98 valence electrons. The molecule has 0 bridgehead atoms. The van der Waals surface area contributed by atoms with E-state index in [0.29, 0.717) is 11.6 Å². The Morgan fingerprint density at radius 2 is 2.22 bits per heavy atom. The summed E-state index contributed by atoms with van der Waals surface area (Å²) >= 11 is 0. The smallest absolute Gasteiger partial charge is 0.274 e. The van der Waals surface area contributed by atoms with Crippen LogP contribution in [0.4, 0.5) is 11.4 Å². The van der Waals surface area contributed by atoms with Crippen molar-refractivity contribution in [3.8, 4) is 0 Å². The van der Waals surface area contributed by atoms with E-state index < -0.39 is 0 Å². The molecule has 0 aliphatic carbocycles. The molecule has 18 heavy (non-hydrogen) atoms. The predicted molar refractivity (Wildman–Crippen MR) is 72.1 cm³/mol. The maximum Gasteiger partial charge on any atom is 0.274 e. The van der Waals surface area contributed by atoms with Crippen LogP contribution in [-0.2, 0) is 0 Å². The van der Waals surface area contributed by atoms with E-state index >= 15 is 0 Å². The zero-order valence-corrected chi connectivity index (χ0v) is 10.8. The molecule has 0 saturated carbocycles.